The van der Waals surface area contributed by atoms with Crippen LogP contribution in [0.5, 0.6) is 0 Å². The Morgan fingerprint density at radius 2 is 1.56 bits per heavy atom. The van der Waals surface area contributed by atoms with E-state index in [1.54, 1.807) is 57.2 Å². The normalized spacial score (nSPS) is 20.8. The van der Waals surface area contributed by atoms with Crippen LogP contribution in [0.3, 0.4) is 0 Å². The van der Waals surface area contributed by atoms with Crippen LogP contribution in [0.15, 0.2) is 30.3 Å². The van der Waals surface area contributed by atoms with Gasteiger partial charge in [-0.2, -0.15) is 0 Å². The number of likely N-dealkylation sites (N-methyl/N-ethyl adjacent to an activating group) is 2. The van der Waals surface area contributed by atoms with Crippen LogP contribution in [0.1, 0.15) is 79.4 Å². The number of likely N-dealkylation sites (tertiary alicyclic amines) is 1. The lowest BCUT2D eigenvalue weighted by molar-refractivity contribution is -0.148. The van der Waals surface area contributed by atoms with Crippen molar-refractivity contribution >= 4 is 23.6 Å². The summed E-state index contributed by atoms with van der Waals surface area (Å²) < 4.78 is 17.6. The Balaban J connectivity index is 2.29. The first-order chi connectivity index (χ1) is 24.6. The smallest absolute Gasteiger partial charge is 0.245 e. The molecule has 0 aromatic heterocycles. The number of hydrogen-bond donors (Lipinski definition) is 4. The van der Waals surface area contributed by atoms with E-state index in [1.807, 2.05) is 59.7 Å². The van der Waals surface area contributed by atoms with E-state index < -0.39 is 48.4 Å². The molecular formula is C39H67N5O8. The Labute approximate surface area is 311 Å². The molecule has 13 heteroatoms. The van der Waals surface area contributed by atoms with E-state index in [-0.39, 0.29) is 60.5 Å². The highest BCUT2D eigenvalue weighted by Crippen LogP contribution is 2.31. The Kier molecular flexibility index (Phi) is 18.7. The summed E-state index contributed by atoms with van der Waals surface area (Å²) in [7, 11) is 8.10. The third kappa shape index (κ3) is 11.7. The topological polar surface area (TPSA) is 159 Å². The van der Waals surface area contributed by atoms with Gasteiger partial charge in [0.15, 0.2) is 0 Å². The summed E-state index contributed by atoms with van der Waals surface area (Å²) in [5.41, 5.74) is 0.697. The average Bonchev–Trinajstić information content (AvgIpc) is 3.56. The Morgan fingerprint density at radius 1 is 0.942 bits per heavy atom. The van der Waals surface area contributed by atoms with Gasteiger partial charge in [0, 0.05) is 41.5 Å². The predicted octanol–water partition coefficient (Wildman–Crippen LogP) is 2.77. The van der Waals surface area contributed by atoms with Gasteiger partial charge in [-0.15, -0.1) is 0 Å². The molecule has 4 amide bonds. The fraction of sp³-hybridized carbons (Fsp3) is 0.744. The zero-order valence-corrected chi connectivity index (χ0v) is 33.5. The maximum Gasteiger partial charge on any atom is 0.245 e. The lowest BCUT2D eigenvalue weighted by atomic mass is 9.89. The maximum atomic E-state index is 14.3. The minimum atomic E-state index is -0.868. The molecule has 0 saturated carbocycles. The van der Waals surface area contributed by atoms with Crippen molar-refractivity contribution in [3.05, 3.63) is 35.9 Å². The second-order valence-electron chi connectivity index (χ2n) is 14.9. The van der Waals surface area contributed by atoms with Gasteiger partial charge >= 0.3 is 0 Å². The first-order valence-corrected chi connectivity index (χ1v) is 18.7. The third-order valence-corrected chi connectivity index (χ3v) is 10.7. The van der Waals surface area contributed by atoms with Crippen LogP contribution in [0, 0.1) is 23.7 Å². The molecule has 4 N–H and O–H groups in total. The highest BCUT2D eigenvalue weighted by atomic mass is 16.5. The van der Waals surface area contributed by atoms with E-state index in [0.29, 0.717) is 18.5 Å². The largest absolute Gasteiger partial charge is 0.387 e. The minimum absolute atomic E-state index is 0.0236. The molecule has 2 rings (SSSR count). The van der Waals surface area contributed by atoms with Gasteiger partial charge in [0.1, 0.15) is 6.04 Å². The molecule has 0 aliphatic carbocycles. The standard InChI is InChI=1S/C39H67N5O8/c1-13-25(6)35(43(9)39(49)34(24(4)5)42-38(48)33(40-8)23(2)3)31(51-11)20-32(46)44-22-28(50-10)19-29(44)36(52-12)26(7)37(47)41-21-30(45)27-17-15-14-16-18-27/h14-18,23-26,28-31,33-36,40,45H,13,19-22H2,1-12H3,(H,41,47)(H,42,48)/t25-,26+,28+,29-,30?,31+,33-,34-,35-,36+/m0/s1. The zero-order valence-electron chi connectivity index (χ0n) is 33.5. The summed E-state index contributed by atoms with van der Waals surface area (Å²) >= 11 is 0. The van der Waals surface area contributed by atoms with E-state index in [9.17, 15) is 24.3 Å². The summed E-state index contributed by atoms with van der Waals surface area (Å²) in [4.78, 5) is 58.3. The number of aliphatic hydroxyl groups excluding tert-OH is 1. The van der Waals surface area contributed by atoms with Crippen molar-refractivity contribution in [2.24, 2.45) is 23.7 Å². The monoisotopic (exact) mass is 733 g/mol. The summed E-state index contributed by atoms with van der Waals surface area (Å²) in [5.74, 6) is -1.86. The summed E-state index contributed by atoms with van der Waals surface area (Å²) in [5, 5.41) is 19.5. The molecule has 1 fully saturated rings. The average molecular weight is 734 g/mol. The van der Waals surface area contributed by atoms with Crippen molar-refractivity contribution in [1.82, 2.24) is 25.8 Å². The van der Waals surface area contributed by atoms with Crippen LogP contribution in [-0.2, 0) is 33.4 Å². The van der Waals surface area contributed by atoms with Crippen molar-refractivity contribution in [1.29, 1.82) is 0 Å². The van der Waals surface area contributed by atoms with E-state index in [0.717, 1.165) is 6.42 Å². The van der Waals surface area contributed by atoms with Crippen LogP contribution in [0.2, 0.25) is 0 Å². The van der Waals surface area contributed by atoms with E-state index in [4.69, 9.17) is 14.2 Å². The first-order valence-electron chi connectivity index (χ1n) is 18.7. The maximum absolute atomic E-state index is 14.3. The van der Waals surface area contributed by atoms with E-state index >= 15 is 0 Å². The van der Waals surface area contributed by atoms with Crippen LogP contribution < -0.4 is 16.0 Å². The number of aliphatic hydroxyl groups is 1. The van der Waals surface area contributed by atoms with Crippen LogP contribution in [0.4, 0.5) is 0 Å². The number of benzene rings is 1. The van der Waals surface area contributed by atoms with Gasteiger partial charge in [-0.1, -0.05) is 85.2 Å². The molecule has 296 valence electrons. The van der Waals surface area contributed by atoms with Gasteiger partial charge < -0.3 is 45.1 Å². The predicted molar refractivity (Wildman–Crippen MR) is 201 cm³/mol. The lowest BCUT2D eigenvalue weighted by Crippen LogP contribution is -2.59. The number of carbonyl (C=O) groups is 4. The summed E-state index contributed by atoms with van der Waals surface area (Å²) in [6.45, 7) is 13.8. The highest BCUT2D eigenvalue weighted by molar-refractivity contribution is 5.90. The molecule has 1 aliphatic heterocycles. The number of rotatable bonds is 21. The number of ether oxygens (including phenoxy) is 3. The summed E-state index contributed by atoms with van der Waals surface area (Å²) in [6, 6.07) is 6.93. The molecule has 0 spiro atoms. The van der Waals surface area contributed by atoms with E-state index in [1.165, 1.54) is 7.11 Å². The van der Waals surface area contributed by atoms with Gasteiger partial charge in [0.2, 0.25) is 23.6 Å². The highest BCUT2D eigenvalue weighted by Gasteiger charge is 2.45. The van der Waals surface area contributed by atoms with Crippen LogP contribution in [-0.4, -0.2) is 130 Å². The molecule has 1 aliphatic rings. The Hall–Kier alpha value is -3.10. The molecule has 10 atom stereocenters. The lowest BCUT2D eigenvalue weighted by Gasteiger charge is -2.41. The van der Waals surface area contributed by atoms with Crippen molar-refractivity contribution in [2.45, 2.75) is 116 Å². The molecule has 1 aromatic rings. The van der Waals surface area contributed by atoms with Gasteiger partial charge in [-0.3, -0.25) is 19.2 Å². The number of hydrogen-bond acceptors (Lipinski definition) is 9. The molecule has 1 unspecified atom stereocenters. The third-order valence-electron chi connectivity index (χ3n) is 10.7. The van der Waals surface area contributed by atoms with Crippen LogP contribution >= 0.6 is 0 Å². The second-order valence-corrected chi connectivity index (χ2v) is 14.9. The fourth-order valence-corrected chi connectivity index (χ4v) is 7.35. The van der Waals surface area contributed by atoms with Gasteiger partial charge in [0.05, 0.1) is 54.9 Å². The minimum Gasteiger partial charge on any atom is -0.387 e. The SMILES string of the molecule is CC[C@H](C)[C@@H]([C@@H](CC(=O)N1C[C@H](OC)C[C@H]1[C@H](OC)[C@@H](C)C(=O)NCC(O)c1ccccc1)OC)N(C)C(=O)[C@@H](NC(=O)[C@@H](NC)C(C)C)C(C)C. The Bertz CT molecular complexity index is 1270. The fourth-order valence-electron chi connectivity index (χ4n) is 7.35. The van der Waals surface area contributed by atoms with Crippen LogP contribution in [0.25, 0.3) is 0 Å². The van der Waals surface area contributed by atoms with E-state index in [2.05, 4.69) is 16.0 Å². The molecular weight excluding hydrogens is 666 g/mol. The van der Waals surface area contributed by atoms with Crippen molar-refractivity contribution in [3.63, 3.8) is 0 Å². The zero-order chi connectivity index (χ0) is 39.3. The number of carbonyl (C=O) groups excluding carboxylic acids is 4. The Morgan fingerprint density at radius 3 is 2.06 bits per heavy atom. The molecule has 1 aromatic carbocycles. The van der Waals surface area contributed by atoms with Crippen molar-refractivity contribution in [3.8, 4) is 0 Å². The number of methoxy groups -OCH3 is 3. The number of nitrogens with one attached hydrogen (secondary N) is 3. The van der Waals surface area contributed by atoms with Crippen molar-refractivity contribution in [2.75, 3.05) is 48.5 Å². The molecule has 0 bridgehead atoms. The quantitative estimate of drug-likeness (QED) is 0.149. The summed E-state index contributed by atoms with van der Waals surface area (Å²) in [6.07, 6.45) is -1.28. The van der Waals surface area contributed by atoms with Crippen molar-refractivity contribution < 1.29 is 38.5 Å². The van der Waals surface area contributed by atoms with Gasteiger partial charge in [-0.25, -0.2) is 0 Å². The van der Waals surface area contributed by atoms with Gasteiger partial charge in [0.25, 0.3) is 0 Å². The number of amides is 4. The first kappa shape index (κ1) is 45.1. The molecule has 52 heavy (non-hydrogen) atoms. The van der Waals surface area contributed by atoms with Gasteiger partial charge in [-0.05, 0) is 36.8 Å². The molecule has 1 heterocycles. The molecule has 0 radical (unpaired) electrons. The molecule has 1 saturated heterocycles. The second kappa shape index (κ2) is 21.6. The number of nitrogens with zero attached hydrogens (tertiary/aromatic N) is 2. The molecule has 13 nitrogen and oxygen atoms in total.